The van der Waals surface area contributed by atoms with Crippen molar-refractivity contribution in [2.45, 2.75) is 12.6 Å². The molecular weight excluding hydrogens is 311 g/mol. The SMILES string of the molecule is COCCn1nnnc1[C@@H](c1ccccc1F)[NH+]1CC[NH+](C)CC1. The number of benzene rings is 1. The summed E-state index contributed by atoms with van der Waals surface area (Å²) in [5.41, 5.74) is 0.653. The predicted molar refractivity (Wildman–Crippen MR) is 85.3 cm³/mol. The number of tetrazole rings is 1. The molecular formula is C16H25FN6O+2. The second kappa shape index (κ2) is 7.78. The molecule has 2 N–H and O–H groups in total. The number of ether oxygens (including phenoxy) is 1. The fourth-order valence-corrected chi connectivity index (χ4v) is 3.29. The van der Waals surface area contributed by atoms with E-state index in [9.17, 15) is 4.39 Å². The topological polar surface area (TPSA) is 61.7 Å². The molecule has 130 valence electrons. The Balaban J connectivity index is 1.96. The van der Waals surface area contributed by atoms with Crippen LogP contribution in [0.25, 0.3) is 0 Å². The van der Waals surface area contributed by atoms with Gasteiger partial charge in [0, 0.05) is 7.11 Å². The van der Waals surface area contributed by atoms with E-state index in [1.165, 1.54) is 15.9 Å². The van der Waals surface area contributed by atoms with Crippen LogP contribution in [0.15, 0.2) is 24.3 Å². The van der Waals surface area contributed by atoms with Gasteiger partial charge >= 0.3 is 0 Å². The third-order valence-electron chi connectivity index (χ3n) is 4.70. The summed E-state index contributed by atoms with van der Waals surface area (Å²) < 4.78 is 21.4. The van der Waals surface area contributed by atoms with Crippen molar-refractivity contribution in [2.75, 3.05) is 46.9 Å². The fraction of sp³-hybridized carbons (Fsp3) is 0.562. The predicted octanol–water partition coefficient (Wildman–Crippen LogP) is -2.04. The van der Waals surface area contributed by atoms with Gasteiger partial charge in [-0.15, -0.1) is 5.10 Å². The number of likely N-dealkylation sites (N-methyl/N-ethyl adjacent to an activating group) is 1. The molecule has 24 heavy (non-hydrogen) atoms. The summed E-state index contributed by atoms with van der Waals surface area (Å²) >= 11 is 0. The summed E-state index contributed by atoms with van der Waals surface area (Å²) in [5.74, 6) is 0.495. The first-order chi connectivity index (χ1) is 11.7. The van der Waals surface area contributed by atoms with Crippen molar-refractivity contribution in [3.63, 3.8) is 0 Å². The number of aromatic nitrogens is 4. The minimum Gasteiger partial charge on any atom is -0.383 e. The van der Waals surface area contributed by atoms with Crippen LogP contribution in [0.2, 0.25) is 0 Å². The van der Waals surface area contributed by atoms with Crippen LogP contribution in [0.1, 0.15) is 17.4 Å². The molecule has 0 bridgehead atoms. The van der Waals surface area contributed by atoms with Crippen molar-refractivity contribution >= 4 is 0 Å². The highest BCUT2D eigenvalue weighted by atomic mass is 19.1. The summed E-state index contributed by atoms with van der Waals surface area (Å²) in [6, 6.07) is 6.73. The van der Waals surface area contributed by atoms with E-state index in [1.807, 2.05) is 12.1 Å². The molecule has 0 aliphatic carbocycles. The second-order valence-electron chi connectivity index (χ2n) is 6.32. The molecule has 8 heteroatoms. The molecule has 1 aliphatic rings. The number of nitrogens with one attached hydrogen (secondary N) is 2. The highest BCUT2D eigenvalue weighted by Crippen LogP contribution is 2.20. The summed E-state index contributed by atoms with van der Waals surface area (Å²) in [5, 5.41) is 12.1. The maximum absolute atomic E-state index is 14.5. The van der Waals surface area contributed by atoms with Gasteiger partial charge in [-0.1, -0.05) is 12.1 Å². The quantitative estimate of drug-likeness (QED) is 0.638. The number of piperazine rings is 1. The average molecular weight is 336 g/mol. The third-order valence-corrected chi connectivity index (χ3v) is 4.70. The Bertz CT molecular complexity index is 656. The van der Waals surface area contributed by atoms with E-state index in [4.69, 9.17) is 4.74 Å². The van der Waals surface area contributed by atoms with E-state index in [-0.39, 0.29) is 11.9 Å². The van der Waals surface area contributed by atoms with Gasteiger partial charge < -0.3 is 14.5 Å². The normalized spacial score (nSPS) is 22.5. The molecule has 1 atom stereocenters. The summed E-state index contributed by atoms with van der Waals surface area (Å²) in [4.78, 5) is 2.81. The molecule has 1 aromatic carbocycles. The zero-order valence-electron chi connectivity index (χ0n) is 14.2. The Morgan fingerprint density at radius 3 is 2.71 bits per heavy atom. The van der Waals surface area contributed by atoms with Crippen LogP contribution in [0, 0.1) is 5.82 Å². The monoisotopic (exact) mass is 336 g/mol. The van der Waals surface area contributed by atoms with Crippen LogP contribution < -0.4 is 9.80 Å². The smallest absolute Gasteiger partial charge is 0.214 e. The third kappa shape index (κ3) is 3.61. The minimum absolute atomic E-state index is 0.203. The van der Waals surface area contributed by atoms with Gasteiger partial charge in [0.1, 0.15) is 32.0 Å². The van der Waals surface area contributed by atoms with Crippen LogP contribution in [-0.2, 0) is 11.3 Å². The maximum Gasteiger partial charge on any atom is 0.214 e. The van der Waals surface area contributed by atoms with Crippen molar-refractivity contribution in [3.05, 3.63) is 41.5 Å². The summed E-state index contributed by atoms with van der Waals surface area (Å²) in [7, 11) is 3.84. The maximum atomic E-state index is 14.5. The lowest BCUT2D eigenvalue weighted by Gasteiger charge is -2.32. The lowest BCUT2D eigenvalue weighted by atomic mass is 10.0. The number of halogens is 1. The van der Waals surface area contributed by atoms with E-state index in [2.05, 4.69) is 22.6 Å². The Kier molecular flexibility index (Phi) is 5.49. The minimum atomic E-state index is -0.206. The van der Waals surface area contributed by atoms with Gasteiger partial charge in [0.15, 0.2) is 6.04 Å². The molecule has 7 nitrogen and oxygen atoms in total. The van der Waals surface area contributed by atoms with Gasteiger partial charge in [0.2, 0.25) is 5.82 Å². The molecule has 0 saturated carbocycles. The van der Waals surface area contributed by atoms with E-state index in [0.29, 0.717) is 24.5 Å². The lowest BCUT2D eigenvalue weighted by molar-refractivity contribution is -1.02. The number of quaternary nitrogens is 2. The fourth-order valence-electron chi connectivity index (χ4n) is 3.29. The Labute approximate surface area is 141 Å². The Morgan fingerprint density at radius 1 is 1.25 bits per heavy atom. The van der Waals surface area contributed by atoms with Gasteiger partial charge in [0.25, 0.3) is 0 Å². The molecule has 1 aromatic heterocycles. The molecule has 0 radical (unpaired) electrons. The number of nitrogens with zero attached hydrogens (tertiary/aromatic N) is 4. The van der Waals surface area contributed by atoms with E-state index in [0.717, 1.165) is 26.2 Å². The number of hydrogen-bond acceptors (Lipinski definition) is 4. The standard InChI is InChI=1S/C16H23FN6O/c1-21-7-9-22(10-8-21)15(13-5-3-4-6-14(13)17)16-18-19-20-23(16)11-12-24-2/h3-6,15H,7-12H2,1-2H3/p+2/t15-/m1/s1. The van der Waals surface area contributed by atoms with E-state index >= 15 is 0 Å². The average Bonchev–Trinajstić information content (AvgIpc) is 3.05. The first-order valence-electron chi connectivity index (χ1n) is 8.36. The second-order valence-corrected chi connectivity index (χ2v) is 6.32. The van der Waals surface area contributed by atoms with E-state index < -0.39 is 0 Å². The highest BCUT2D eigenvalue weighted by Gasteiger charge is 2.36. The first kappa shape index (κ1) is 16.9. The lowest BCUT2D eigenvalue weighted by Crippen LogP contribution is -3.27. The zero-order valence-corrected chi connectivity index (χ0v) is 14.2. The molecule has 1 fully saturated rings. The summed E-state index contributed by atoms with van der Waals surface area (Å²) in [6.07, 6.45) is 0. The Morgan fingerprint density at radius 2 is 2.00 bits per heavy atom. The van der Waals surface area contributed by atoms with Crippen molar-refractivity contribution in [2.24, 2.45) is 0 Å². The molecule has 0 spiro atoms. The van der Waals surface area contributed by atoms with Gasteiger partial charge in [-0.25, -0.2) is 9.07 Å². The zero-order chi connectivity index (χ0) is 16.9. The van der Waals surface area contributed by atoms with E-state index in [1.54, 1.807) is 17.9 Å². The molecule has 1 aliphatic heterocycles. The number of hydrogen-bond donors (Lipinski definition) is 2. The molecule has 0 unspecified atom stereocenters. The highest BCUT2D eigenvalue weighted by molar-refractivity contribution is 5.24. The molecule has 2 heterocycles. The van der Waals surface area contributed by atoms with Crippen molar-refractivity contribution in [3.8, 4) is 0 Å². The van der Waals surface area contributed by atoms with Crippen LogP contribution in [-0.4, -0.2) is 67.2 Å². The largest absolute Gasteiger partial charge is 0.383 e. The molecule has 2 aromatic rings. The molecule has 0 amide bonds. The number of rotatable bonds is 6. The van der Waals surface area contributed by atoms with Gasteiger partial charge in [-0.05, 0) is 22.6 Å². The van der Waals surface area contributed by atoms with Gasteiger partial charge in [-0.2, -0.15) is 0 Å². The van der Waals surface area contributed by atoms with Crippen molar-refractivity contribution in [1.82, 2.24) is 20.2 Å². The molecule has 1 saturated heterocycles. The number of methoxy groups -OCH3 is 1. The van der Waals surface area contributed by atoms with Crippen molar-refractivity contribution < 1.29 is 18.9 Å². The van der Waals surface area contributed by atoms with Crippen LogP contribution in [0.3, 0.4) is 0 Å². The van der Waals surface area contributed by atoms with Crippen LogP contribution in [0.4, 0.5) is 4.39 Å². The van der Waals surface area contributed by atoms with Gasteiger partial charge in [-0.3, -0.25) is 0 Å². The summed E-state index contributed by atoms with van der Waals surface area (Å²) in [6.45, 7) is 5.11. The van der Waals surface area contributed by atoms with Crippen LogP contribution >= 0.6 is 0 Å². The van der Waals surface area contributed by atoms with Crippen LogP contribution in [0.5, 0.6) is 0 Å². The first-order valence-corrected chi connectivity index (χ1v) is 8.36. The van der Waals surface area contributed by atoms with Gasteiger partial charge in [0.05, 0.1) is 25.8 Å². The Hall–Kier alpha value is -1.90. The van der Waals surface area contributed by atoms with Crippen molar-refractivity contribution in [1.29, 1.82) is 0 Å². The molecule has 3 rings (SSSR count).